The zero-order valence-electron chi connectivity index (χ0n) is 11.6. The lowest BCUT2D eigenvalue weighted by Gasteiger charge is -2.12. The monoisotopic (exact) mass is 283 g/mol. The second-order valence-corrected chi connectivity index (χ2v) is 6.78. The lowest BCUT2D eigenvalue weighted by atomic mass is 9.88. The Labute approximate surface area is 126 Å². The number of benzene rings is 4. The molecule has 1 aliphatic heterocycles. The molecule has 2 nitrogen and oxygen atoms in total. The fraction of sp³-hybridized carbons (Fsp3) is 0.150. The number of rotatable bonds is 0. The second-order valence-electron chi connectivity index (χ2n) is 6.78. The van der Waals surface area contributed by atoms with Crippen molar-refractivity contribution in [2.45, 2.75) is 18.3 Å². The van der Waals surface area contributed by atoms with E-state index >= 15 is 0 Å². The molecule has 4 aromatic rings. The van der Waals surface area contributed by atoms with E-state index in [4.69, 9.17) is 4.74 Å². The van der Waals surface area contributed by atoms with E-state index < -0.39 is 6.10 Å². The van der Waals surface area contributed by atoms with Gasteiger partial charge in [-0.1, -0.05) is 12.1 Å². The van der Waals surface area contributed by atoms with Crippen LogP contribution in [0.5, 0.6) is 0 Å². The summed E-state index contributed by atoms with van der Waals surface area (Å²) in [6.07, 6.45) is 1.94. The van der Waals surface area contributed by atoms with Gasteiger partial charge in [-0.05, 0) is 34.7 Å². The highest BCUT2D eigenvalue weighted by Crippen LogP contribution is 2.63. The normalized spacial score (nSPS) is 27.0. The Morgan fingerprint density at radius 3 is 2.45 bits per heavy atom. The molecule has 0 amide bonds. The lowest BCUT2D eigenvalue weighted by molar-refractivity contribution is 0.220. The maximum atomic E-state index is 10.5. The van der Waals surface area contributed by atoms with Gasteiger partial charge in [0.25, 0.3) is 0 Å². The molecule has 2 heteroatoms. The summed E-state index contributed by atoms with van der Waals surface area (Å²) in [6.45, 7) is 0. The topological polar surface area (TPSA) is 32.8 Å². The van der Waals surface area contributed by atoms with Crippen LogP contribution in [0.1, 0.15) is 40.6 Å². The summed E-state index contributed by atoms with van der Waals surface area (Å²) < 4.78 is 5.85. The Morgan fingerprint density at radius 2 is 1.59 bits per heavy atom. The van der Waals surface area contributed by atoms with Crippen LogP contribution < -0.4 is 0 Å². The molecule has 4 aromatic carbocycles. The molecule has 2 aliphatic carbocycles. The molecular formula is C20H11O2+. The summed E-state index contributed by atoms with van der Waals surface area (Å²) in [5.74, 6) is 0. The second kappa shape index (κ2) is 2.94. The molecule has 1 heterocycles. The van der Waals surface area contributed by atoms with Crippen molar-refractivity contribution >= 4 is 32.3 Å². The number of aliphatic hydroxyl groups is 1. The molecule has 0 spiro atoms. The van der Waals surface area contributed by atoms with Crippen molar-refractivity contribution in [3.05, 3.63) is 65.1 Å². The molecule has 3 atom stereocenters. The van der Waals surface area contributed by atoms with E-state index in [-0.39, 0.29) is 12.2 Å². The summed E-state index contributed by atoms with van der Waals surface area (Å²) in [5.41, 5.74) is 4.84. The molecule has 7 rings (SSSR count). The quantitative estimate of drug-likeness (QED) is 0.296. The molecule has 0 bridgehead atoms. The molecule has 0 unspecified atom stereocenters. The van der Waals surface area contributed by atoms with Crippen LogP contribution in [0.25, 0.3) is 32.3 Å². The predicted octanol–water partition coefficient (Wildman–Crippen LogP) is 4.31. The highest BCUT2D eigenvalue weighted by molar-refractivity contribution is 6.27. The van der Waals surface area contributed by atoms with Gasteiger partial charge in [-0.15, -0.1) is 0 Å². The lowest BCUT2D eigenvalue weighted by Crippen LogP contribution is -1.94. The number of ether oxygens (including phenoxy) is 1. The van der Waals surface area contributed by atoms with Crippen LogP contribution in [-0.4, -0.2) is 5.11 Å². The fourth-order valence-corrected chi connectivity index (χ4v) is 4.85. The summed E-state index contributed by atoms with van der Waals surface area (Å²) in [7, 11) is 0. The first-order chi connectivity index (χ1) is 10.8. The predicted molar refractivity (Wildman–Crippen MR) is 85.1 cm³/mol. The summed E-state index contributed by atoms with van der Waals surface area (Å²) in [5, 5.41) is 18.3. The van der Waals surface area contributed by atoms with Gasteiger partial charge in [0, 0.05) is 16.2 Å². The minimum atomic E-state index is -0.493. The molecule has 0 aromatic heterocycles. The number of hydrogen-bond donors (Lipinski definition) is 1. The smallest absolute Gasteiger partial charge is 0.156 e. The van der Waals surface area contributed by atoms with E-state index in [1.165, 1.54) is 49.0 Å². The SMILES string of the molecule is O[C@H]1[CH+]c2cc3cccc4cc5c6c(cc1c2c6c34)[C@H]1O[C@@H]51. The summed E-state index contributed by atoms with van der Waals surface area (Å²) >= 11 is 0. The Bertz CT molecular complexity index is 1140. The molecule has 1 N–H and O–H groups in total. The zero-order valence-corrected chi connectivity index (χ0v) is 11.6. The van der Waals surface area contributed by atoms with Crippen LogP contribution in [0.3, 0.4) is 0 Å². The molecule has 0 radical (unpaired) electrons. The maximum Gasteiger partial charge on any atom is 0.156 e. The van der Waals surface area contributed by atoms with Gasteiger partial charge in [0.2, 0.25) is 0 Å². The first-order valence-corrected chi connectivity index (χ1v) is 7.78. The van der Waals surface area contributed by atoms with Gasteiger partial charge in [0.15, 0.2) is 6.10 Å². The molecule has 102 valence electrons. The number of epoxide rings is 1. The minimum Gasteiger partial charge on any atom is -0.371 e. The Morgan fingerprint density at radius 1 is 0.818 bits per heavy atom. The highest BCUT2D eigenvalue weighted by Gasteiger charge is 2.51. The number of aliphatic hydroxyl groups excluding tert-OH is 1. The maximum absolute atomic E-state index is 10.5. The van der Waals surface area contributed by atoms with Crippen LogP contribution in [-0.2, 0) is 4.74 Å². The Hall–Kier alpha value is -2.29. The average molecular weight is 283 g/mol. The number of hydrogen-bond acceptors (Lipinski definition) is 2. The van der Waals surface area contributed by atoms with Gasteiger partial charge in [-0.3, -0.25) is 0 Å². The molecule has 0 saturated carbocycles. The van der Waals surface area contributed by atoms with Crippen LogP contribution in [0.15, 0.2) is 36.4 Å². The van der Waals surface area contributed by atoms with Crippen molar-refractivity contribution in [3.63, 3.8) is 0 Å². The standard InChI is InChI=1S/C20H11O2/c21-14-6-10-4-8-2-1-3-9-5-12-17-13(20-19(12)22-20)7-11(14)16(10)18(17)15(8)9/h1-7,14,19-21H/q+1/t14-,19-,20+/m0/s1. The van der Waals surface area contributed by atoms with Crippen molar-refractivity contribution < 1.29 is 9.84 Å². The van der Waals surface area contributed by atoms with Gasteiger partial charge < -0.3 is 9.84 Å². The van der Waals surface area contributed by atoms with Crippen molar-refractivity contribution in [1.82, 2.24) is 0 Å². The fourth-order valence-electron chi connectivity index (χ4n) is 4.85. The third kappa shape index (κ3) is 0.910. The third-order valence-electron chi connectivity index (χ3n) is 5.73. The molecule has 3 aliphatic rings. The van der Waals surface area contributed by atoms with E-state index in [2.05, 4.69) is 36.4 Å². The van der Waals surface area contributed by atoms with Crippen molar-refractivity contribution in [2.24, 2.45) is 0 Å². The van der Waals surface area contributed by atoms with Crippen LogP contribution in [0.2, 0.25) is 0 Å². The van der Waals surface area contributed by atoms with Crippen LogP contribution in [0.4, 0.5) is 0 Å². The molecular weight excluding hydrogens is 272 g/mol. The minimum absolute atomic E-state index is 0.211. The van der Waals surface area contributed by atoms with Gasteiger partial charge in [0.1, 0.15) is 17.8 Å². The van der Waals surface area contributed by atoms with E-state index in [0.29, 0.717) is 0 Å². The van der Waals surface area contributed by atoms with E-state index in [0.717, 1.165) is 5.56 Å². The van der Waals surface area contributed by atoms with Crippen molar-refractivity contribution in [1.29, 1.82) is 0 Å². The van der Waals surface area contributed by atoms with Gasteiger partial charge in [-0.2, -0.15) is 0 Å². The Kier molecular flexibility index (Phi) is 1.39. The highest BCUT2D eigenvalue weighted by atomic mass is 16.6. The first-order valence-electron chi connectivity index (χ1n) is 7.78. The third-order valence-corrected chi connectivity index (χ3v) is 5.73. The average Bonchev–Trinajstić information content (AvgIpc) is 3.18. The van der Waals surface area contributed by atoms with E-state index in [9.17, 15) is 5.11 Å². The molecule has 22 heavy (non-hydrogen) atoms. The molecule has 1 saturated heterocycles. The first kappa shape index (κ1) is 10.4. The van der Waals surface area contributed by atoms with Crippen LogP contribution in [0, 0.1) is 6.42 Å². The van der Waals surface area contributed by atoms with E-state index in [1.807, 2.05) is 6.42 Å². The van der Waals surface area contributed by atoms with Gasteiger partial charge in [0.05, 0.1) is 28.8 Å². The zero-order chi connectivity index (χ0) is 14.2. The summed E-state index contributed by atoms with van der Waals surface area (Å²) in [4.78, 5) is 0. The summed E-state index contributed by atoms with van der Waals surface area (Å²) in [6, 6.07) is 13.2. The largest absolute Gasteiger partial charge is 0.371 e. The molecule has 1 fully saturated rings. The van der Waals surface area contributed by atoms with E-state index in [1.54, 1.807) is 0 Å². The Balaban J connectivity index is 1.91. The van der Waals surface area contributed by atoms with Crippen molar-refractivity contribution in [2.75, 3.05) is 0 Å². The van der Waals surface area contributed by atoms with Gasteiger partial charge >= 0.3 is 0 Å². The van der Waals surface area contributed by atoms with Crippen LogP contribution >= 0.6 is 0 Å². The van der Waals surface area contributed by atoms with Crippen molar-refractivity contribution in [3.8, 4) is 0 Å². The number of fused-ring (bicyclic) bond motifs is 3. The van der Waals surface area contributed by atoms with Gasteiger partial charge in [-0.25, -0.2) is 0 Å².